The van der Waals surface area contributed by atoms with Crippen molar-refractivity contribution in [2.45, 2.75) is 33.6 Å². The lowest BCUT2D eigenvalue weighted by Crippen LogP contribution is -2.18. The van der Waals surface area contributed by atoms with Crippen LogP contribution >= 0.6 is 0 Å². The summed E-state index contributed by atoms with van der Waals surface area (Å²) in [6.07, 6.45) is -3.79. The molecule has 0 aliphatic carbocycles. The quantitative estimate of drug-likeness (QED) is 0.112. The zero-order chi connectivity index (χ0) is 42.4. The first-order chi connectivity index (χ1) is 27.8. The highest BCUT2D eigenvalue weighted by Gasteiger charge is 2.31. The van der Waals surface area contributed by atoms with Crippen LogP contribution in [0, 0.1) is 42.0 Å². The van der Waals surface area contributed by atoms with Crippen molar-refractivity contribution in [3.05, 3.63) is 149 Å². The van der Waals surface area contributed by atoms with E-state index in [1.165, 1.54) is 45.8 Å². The molecule has 21 heteroatoms. The molecule has 0 atom stereocenters. The average Bonchev–Trinajstić information content (AvgIpc) is 3.65. The highest BCUT2D eigenvalue weighted by Crippen LogP contribution is 2.32. The van der Waals surface area contributed by atoms with Gasteiger partial charge in [0, 0.05) is 40.5 Å². The fourth-order valence-electron chi connectivity index (χ4n) is 5.96. The number of hydrogen-bond acceptors (Lipinski definition) is 7. The Kier molecular flexibility index (Phi) is 11.4. The van der Waals surface area contributed by atoms with Crippen LogP contribution in [0.2, 0.25) is 0 Å². The van der Waals surface area contributed by atoms with Gasteiger partial charge in [0.2, 0.25) is 0 Å². The summed E-state index contributed by atoms with van der Waals surface area (Å²) < 4.78 is 134. The van der Waals surface area contributed by atoms with E-state index < -0.39 is 46.7 Å². The Labute approximate surface area is 331 Å². The van der Waals surface area contributed by atoms with E-state index in [0.29, 0.717) is 33.0 Å². The van der Waals surface area contributed by atoms with Crippen LogP contribution in [0.5, 0.6) is 0 Å². The zero-order valence-electron chi connectivity index (χ0n) is 30.1. The fraction of sp³-hybridized carbons (Fsp3) is 0.128. The number of hydrogen-bond donors (Lipinski definition) is 3. The lowest BCUT2D eigenvalue weighted by atomic mass is 10.2. The van der Waals surface area contributed by atoms with E-state index in [4.69, 9.17) is 0 Å². The molecular formula is C39H29F10N10O+. The van der Waals surface area contributed by atoms with Crippen molar-refractivity contribution in [3.8, 4) is 11.6 Å². The number of aromatic amines is 1. The van der Waals surface area contributed by atoms with E-state index in [1.54, 1.807) is 13.8 Å². The molecule has 0 aliphatic heterocycles. The number of halogens is 10. The molecule has 8 rings (SSSR count). The highest BCUT2D eigenvalue weighted by molar-refractivity contribution is 5.79. The van der Waals surface area contributed by atoms with Gasteiger partial charge >= 0.3 is 12.4 Å². The smallest absolute Gasteiger partial charge is 0.339 e. The molecule has 310 valence electrons. The molecule has 4 aromatic heterocycles. The summed E-state index contributed by atoms with van der Waals surface area (Å²) >= 11 is 0. The molecule has 0 spiro atoms. The molecule has 0 bridgehead atoms. The van der Waals surface area contributed by atoms with Gasteiger partial charge in [0.05, 0.1) is 50.0 Å². The molecule has 60 heavy (non-hydrogen) atoms. The summed E-state index contributed by atoms with van der Waals surface area (Å²) in [4.78, 5) is 31.8. The molecule has 0 saturated heterocycles. The third-order valence-corrected chi connectivity index (χ3v) is 8.56. The summed E-state index contributed by atoms with van der Waals surface area (Å²) in [6, 6.07) is 12.6. The second kappa shape index (κ2) is 16.1. The van der Waals surface area contributed by atoms with Crippen LogP contribution in [0.25, 0.3) is 33.7 Å². The Morgan fingerprint density at radius 2 is 1.08 bits per heavy atom. The van der Waals surface area contributed by atoms with E-state index in [1.807, 2.05) is 0 Å². The largest absolute Gasteiger partial charge is 0.416 e. The van der Waals surface area contributed by atoms with E-state index >= 15 is 0 Å². The fourth-order valence-corrected chi connectivity index (χ4v) is 5.96. The van der Waals surface area contributed by atoms with Gasteiger partial charge in [-0.25, -0.2) is 32.5 Å². The number of aromatic nitrogens is 8. The maximum Gasteiger partial charge on any atom is 0.416 e. The molecule has 0 radical (unpaired) electrons. The number of rotatable bonds is 6. The second-order valence-corrected chi connectivity index (χ2v) is 12.7. The number of alkyl halides is 6. The van der Waals surface area contributed by atoms with Crippen LogP contribution < -0.4 is 15.1 Å². The predicted octanol–water partition coefficient (Wildman–Crippen LogP) is 10.4. The molecule has 11 nitrogen and oxygen atoms in total. The Morgan fingerprint density at radius 1 is 0.617 bits per heavy atom. The second-order valence-electron chi connectivity index (χ2n) is 12.7. The van der Waals surface area contributed by atoms with E-state index in [0.717, 1.165) is 60.9 Å². The number of imidazole rings is 2. The van der Waals surface area contributed by atoms with Crippen molar-refractivity contribution in [2.75, 3.05) is 10.6 Å². The summed E-state index contributed by atoms with van der Waals surface area (Å²) in [7, 11) is 0. The van der Waals surface area contributed by atoms with Crippen LogP contribution in [-0.4, -0.2) is 34.1 Å². The standard InChI is InChI=1S/C19H13F5N5O.C19H12F5N5.CH4/c1-10-25-15-6-13(20)14(21)7-16(15)29(10)18-9-28(30)8-17(27-18)26-12-4-2-11(3-5-12)19(22,23)24;1-10-26-15-6-13(20)14(21)7-16(15)29(10)18-9-25-8-17(28-18)27-12-4-2-11(3-5-12)19(22,23)24;/h2-9H,1H3,(H2,26,27,30);2-9H,1H3,(H,27,28);1H4/q+1;;. The Hall–Kier alpha value is -7.32. The van der Waals surface area contributed by atoms with Crippen molar-refractivity contribution in [2.24, 2.45) is 0 Å². The Morgan fingerprint density at radius 3 is 1.60 bits per heavy atom. The van der Waals surface area contributed by atoms with Crippen molar-refractivity contribution in [3.63, 3.8) is 0 Å². The van der Waals surface area contributed by atoms with E-state index in [2.05, 4.69) is 35.6 Å². The van der Waals surface area contributed by atoms with E-state index in [-0.39, 0.29) is 47.2 Å². The summed E-state index contributed by atoms with van der Waals surface area (Å²) in [5.74, 6) is -2.47. The number of benzene rings is 4. The third kappa shape index (κ3) is 8.88. The summed E-state index contributed by atoms with van der Waals surface area (Å²) in [5, 5.41) is 5.67. The van der Waals surface area contributed by atoms with Crippen molar-refractivity contribution in [1.82, 2.24) is 34.1 Å². The van der Waals surface area contributed by atoms with Crippen LogP contribution in [-0.2, 0) is 12.4 Å². The Balaban J connectivity index is 0.000000198. The van der Waals surface area contributed by atoms with Crippen LogP contribution in [0.15, 0.2) is 97.6 Å². The normalized spacial score (nSPS) is 11.6. The lowest BCUT2D eigenvalue weighted by Gasteiger charge is -2.11. The minimum atomic E-state index is -4.46. The van der Waals surface area contributed by atoms with Gasteiger partial charge in [0.15, 0.2) is 46.5 Å². The molecular weight excluding hydrogens is 814 g/mol. The maximum atomic E-state index is 13.7. The molecule has 4 aromatic carbocycles. The van der Waals surface area contributed by atoms with Crippen molar-refractivity contribution >= 4 is 45.1 Å². The summed E-state index contributed by atoms with van der Waals surface area (Å²) in [5.41, 5.74) is 0.0953. The van der Waals surface area contributed by atoms with Crippen LogP contribution in [0.4, 0.5) is 66.9 Å². The number of aryl methyl sites for hydroxylation is 2. The SMILES string of the molecule is C.Cc1nc2cc(F)c(F)cc2n1-c1c[n+](=O)cc(Nc2ccc(C(F)(F)F)cc2)[nH]1.Cc1nc2cc(F)c(F)cc2n1-c1cncc(Nc2ccc(C(F)(F)F)cc2)n1. The zero-order valence-corrected chi connectivity index (χ0v) is 30.1. The van der Waals surface area contributed by atoms with Gasteiger partial charge in [-0.1, -0.05) is 7.43 Å². The van der Waals surface area contributed by atoms with Crippen molar-refractivity contribution in [1.29, 1.82) is 0 Å². The van der Waals surface area contributed by atoms with Gasteiger partial charge in [-0.2, -0.15) is 26.3 Å². The number of fused-ring (bicyclic) bond motifs is 2. The van der Waals surface area contributed by atoms with Gasteiger partial charge in [-0.15, -0.1) is 0 Å². The van der Waals surface area contributed by atoms with Gasteiger partial charge < -0.3 is 15.6 Å². The maximum absolute atomic E-state index is 13.7. The minimum Gasteiger partial charge on any atom is -0.339 e. The van der Waals surface area contributed by atoms with E-state index in [9.17, 15) is 48.8 Å². The molecule has 0 aliphatic rings. The lowest BCUT2D eigenvalue weighted by molar-refractivity contribution is -0.494. The highest BCUT2D eigenvalue weighted by atomic mass is 19.4. The number of nitrogens with zero attached hydrogens (tertiary/aromatic N) is 7. The van der Waals surface area contributed by atoms with Crippen LogP contribution in [0.3, 0.4) is 0 Å². The number of nitrogens with one attached hydrogen (secondary N) is 3. The summed E-state index contributed by atoms with van der Waals surface area (Å²) in [6.45, 7) is 3.24. The number of H-pyrrole nitrogens is 1. The average molecular weight is 844 g/mol. The molecule has 0 saturated carbocycles. The molecule has 4 heterocycles. The third-order valence-electron chi connectivity index (χ3n) is 8.56. The van der Waals surface area contributed by atoms with Gasteiger partial charge in [0.25, 0.3) is 12.4 Å². The van der Waals surface area contributed by atoms with Crippen LogP contribution in [0.1, 0.15) is 30.2 Å². The van der Waals surface area contributed by atoms with Gasteiger partial charge in [0.1, 0.15) is 11.6 Å². The monoisotopic (exact) mass is 843 g/mol. The number of anilines is 4. The predicted molar refractivity (Wildman–Crippen MR) is 201 cm³/mol. The molecule has 0 unspecified atom stereocenters. The van der Waals surface area contributed by atoms with Gasteiger partial charge in [-0.05, 0) is 62.4 Å². The van der Waals surface area contributed by atoms with Gasteiger partial charge in [-0.3, -0.25) is 14.1 Å². The molecule has 3 N–H and O–H groups in total. The first-order valence-corrected chi connectivity index (χ1v) is 16.9. The topological polar surface area (TPSA) is 124 Å². The molecule has 0 amide bonds. The molecule has 0 fully saturated rings. The first-order valence-electron chi connectivity index (χ1n) is 16.9. The molecule has 8 aromatic rings. The Bertz CT molecular complexity index is 2900. The van der Waals surface area contributed by atoms with Crippen molar-refractivity contribution < 1.29 is 48.3 Å². The first kappa shape index (κ1) is 42.3. The minimum absolute atomic E-state index is 0.